The Morgan fingerprint density at radius 2 is 1.81 bits per heavy atom. The summed E-state index contributed by atoms with van der Waals surface area (Å²) >= 11 is 3.56. The van der Waals surface area contributed by atoms with Crippen LogP contribution in [0.25, 0.3) is 10.8 Å². The van der Waals surface area contributed by atoms with Crippen LogP contribution in [0.3, 0.4) is 0 Å². The Bertz CT molecular complexity index is 947. The molecule has 134 valence electrons. The van der Waals surface area contributed by atoms with Crippen LogP contribution in [0, 0.1) is 6.92 Å². The number of esters is 1. The van der Waals surface area contributed by atoms with E-state index in [1.165, 1.54) is 0 Å². The van der Waals surface area contributed by atoms with Crippen LogP contribution in [-0.4, -0.2) is 12.6 Å². The summed E-state index contributed by atoms with van der Waals surface area (Å²) in [7, 11) is 0. The molecule has 0 saturated carbocycles. The predicted molar refractivity (Wildman–Crippen MR) is 108 cm³/mol. The van der Waals surface area contributed by atoms with Crippen LogP contribution in [0.15, 0.2) is 59.1 Å². The molecule has 0 N–H and O–H groups in total. The van der Waals surface area contributed by atoms with E-state index in [-0.39, 0.29) is 12.5 Å². The van der Waals surface area contributed by atoms with Gasteiger partial charge in [-0.15, -0.1) is 0 Å². The summed E-state index contributed by atoms with van der Waals surface area (Å²) in [4.78, 5) is 12.3. The molecule has 0 heterocycles. The average molecular weight is 413 g/mol. The summed E-state index contributed by atoms with van der Waals surface area (Å²) in [5.74, 6) is 1.08. The van der Waals surface area contributed by atoms with E-state index in [1.807, 2.05) is 61.5 Å². The van der Waals surface area contributed by atoms with E-state index >= 15 is 0 Å². The first-order valence-electron chi connectivity index (χ1n) is 8.57. The topological polar surface area (TPSA) is 35.5 Å². The minimum absolute atomic E-state index is 0.150. The van der Waals surface area contributed by atoms with Crippen molar-refractivity contribution in [2.24, 2.45) is 0 Å². The third-order valence-corrected chi connectivity index (χ3v) is 5.01. The number of halogens is 1. The molecule has 0 aliphatic rings. The van der Waals surface area contributed by atoms with Crippen LogP contribution >= 0.6 is 15.9 Å². The maximum absolute atomic E-state index is 12.3. The normalized spacial score (nSPS) is 11.0. The molecule has 0 aliphatic carbocycles. The summed E-state index contributed by atoms with van der Waals surface area (Å²) in [5, 5.41) is 2.15. The summed E-state index contributed by atoms with van der Waals surface area (Å²) in [6.45, 7) is 5.97. The lowest BCUT2D eigenvalue weighted by Crippen LogP contribution is -2.18. The molecule has 0 aromatic heterocycles. The molecule has 0 spiro atoms. The number of benzene rings is 3. The van der Waals surface area contributed by atoms with Gasteiger partial charge in [-0.1, -0.05) is 56.3 Å². The quantitative estimate of drug-likeness (QED) is 0.379. The van der Waals surface area contributed by atoms with Crippen LogP contribution in [0.2, 0.25) is 0 Å². The number of carbonyl (C=O) groups is 1. The number of rotatable bonds is 5. The van der Waals surface area contributed by atoms with E-state index in [9.17, 15) is 4.79 Å². The highest BCUT2D eigenvalue weighted by Crippen LogP contribution is 2.33. The van der Waals surface area contributed by atoms with Gasteiger partial charge in [-0.2, -0.15) is 0 Å². The first-order valence-corrected chi connectivity index (χ1v) is 9.36. The van der Waals surface area contributed by atoms with Gasteiger partial charge in [-0.05, 0) is 62.8 Å². The predicted octanol–water partition coefficient (Wildman–Crippen LogP) is 6.02. The maximum atomic E-state index is 12.3. The van der Waals surface area contributed by atoms with Crippen LogP contribution < -0.4 is 9.47 Å². The van der Waals surface area contributed by atoms with Gasteiger partial charge in [0.05, 0.1) is 4.47 Å². The van der Waals surface area contributed by atoms with Crippen LogP contribution in [0.5, 0.6) is 11.5 Å². The molecule has 0 bridgehead atoms. The molecule has 3 rings (SSSR count). The largest absolute Gasteiger partial charge is 0.481 e. The SMILES string of the molecule is Cc1ccc(C(C)C)c(OC(=O)COc2ccc3ccccc3c2Br)c1. The zero-order valence-electron chi connectivity index (χ0n) is 15.1. The Kier molecular flexibility index (Phi) is 5.62. The van der Waals surface area contributed by atoms with Gasteiger partial charge < -0.3 is 9.47 Å². The fraction of sp³-hybridized carbons (Fsp3) is 0.227. The van der Waals surface area contributed by atoms with Crippen molar-refractivity contribution >= 4 is 32.7 Å². The Balaban J connectivity index is 1.72. The minimum Gasteiger partial charge on any atom is -0.481 e. The molecule has 0 radical (unpaired) electrons. The van der Waals surface area contributed by atoms with Crippen LogP contribution in [-0.2, 0) is 4.79 Å². The lowest BCUT2D eigenvalue weighted by Gasteiger charge is -2.14. The second-order valence-electron chi connectivity index (χ2n) is 6.56. The van der Waals surface area contributed by atoms with Crippen molar-refractivity contribution in [2.45, 2.75) is 26.7 Å². The van der Waals surface area contributed by atoms with Gasteiger partial charge in [0.25, 0.3) is 0 Å². The molecule has 3 aromatic rings. The zero-order chi connectivity index (χ0) is 18.7. The first-order chi connectivity index (χ1) is 12.5. The molecule has 26 heavy (non-hydrogen) atoms. The van der Waals surface area contributed by atoms with E-state index in [4.69, 9.17) is 9.47 Å². The summed E-state index contributed by atoms with van der Waals surface area (Å²) in [6, 6.07) is 17.7. The van der Waals surface area contributed by atoms with Crippen molar-refractivity contribution in [2.75, 3.05) is 6.61 Å². The fourth-order valence-electron chi connectivity index (χ4n) is 2.82. The lowest BCUT2D eigenvalue weighted by molar-refractivity contribution is -0.136. The number of ether oxygens (including phenoxy) is 2. The smallest absolute Gasteiger partial charge is 0.349 e. The summed E-state index contributed by atoms with van der Waals surface area (Å²) in [5.41, 5.74) is 2.06. The van der Waals surface area contributed by atoms with Crippen molar-refractivity contribution in [3.8, 4) is 11.5 Å². The van der Waals surface area contributed by atoms with Gasteiger partial charge in [0.2, 0.25) is 0 Å². The Morgan fingerprint density at radius 3 is 2.58 bits per heavy atom. The van der Waals surface area contributed by atoms with Crippen molar-refractivity contribution < 1.29 is 14.3 Å². The molecule has 0 aliphatic heterocycles. The van der Waals surface area contributed by atoms with Crippen LogP contribution in [0.1, 0.15) is 30.9 Å². The molecule has 4 heteroatoms. The third-order valence-electron chi connectivity index (χ3n) is 4.19. The highest BCUT2D eigenvalue weighted by Gasteiger charge is 2.14. The van der Waals surface area contributed by atoms with Crippen molar-refractivity contribution in [3.05, 3.63) is 70.2 Å². The van der Waals surface area contributed by atoms with Gasteiger partial charge in [0.1, 0.15) is 11.5 Å². The Hall–Kier alpha value is -2.33. The standard InChI is InChI=1S/C22H21BrO3/c1-14(2)17-10-8-15(3)12-20(17)26-21(24)13-25-19-11-9-16-6-4-5-7-18(16)22(19)23/h4-12,14H,13H2,1-3H3. The molecular weight excluding hydrogens is 392 g/mol. The van der Waals surface area contributed by atoms with Crippen molar-refractivity contribution in [1.82, 2.24) is 0 Å². The summed E-state index contributed by atoms with van der Waals surface area (Å²) < 4.78 is 12.1. The molecule has 0 atom stereocenters. The Morgan fingerprint density at radius 1 is 1.04 bits per heavy atom. The maximum Gasteiger partial charge on any atom is 0.349 e. The Labute approximate surface area is 162 Å². The minimum atomic E-state index is -0.419. The number of aryl methyl sites for hydroxylation is 1. The third kappa shape index (κ3) is 4.07. The lowest BCUT2D eigenvalue weighted by atomic mass is 10.0. The van der Waals surface area contributed by atoms with E-state index in [0.29, 0.717) is 11.5 Å². The monoisotopic (exact) mass is 412 g/mol. The number of carbonyl (C=O) groups excluding carboxylic acids is 1. The second kappa shape index (κ2) is 7.92. The average Bonchev–Trinajstić information content (AvgIpc) is 2.61. The van der Waals surface area contributed by atoms with E-state index in [0.717, 1.165) is 26.4 Å². The molecule has 0 unspecified atom stereocenters. The van der Waals surface area contributed by atoms with Crippen molar-refractivity contribution in [3.63, 3.8) is 0 Å². The zero-order valence-corrected chi connectivity index (χ0v) is 16.7. The molecule has 0 fully saturated rings. The van der Waals surface area contributed by atoms with Crippen LogP contribution in [0.4, 0.5) is 0 Å². The molecule has 3 nitrogen and oxygen atoms in total. The van der Waals surface area contributed by atoms with Gasteiger partial charge in [0, 0.05) is 0 Å². The highest BCUT2D eigenvalue weighted by molar-refractivity contribution is 9.10. The van der Waals surface area contributed by atoms with Gasteiger partial charge in [-0.3, -0.25) is 0 Å². The first kappa shape index (κ1) is 18.5. The van der Waals surface area contributed by atoms with E-state index in [2.05, 4.69) is 29.8 Å². The van der Waals surface area contributed by atoms with E-state index < -0.39 is 5.97 Å². The number of fused-ring (bicyclic) bond motifs is 1. The summed E-state index contributed by atoms with van der Waals surface area (Å²) in [6.07, 6.45) is 0. The van der Waals surface area contributed by atoms with Gasteiger partial charge in [-0.25, -0.2) is 4.79 Å². The van der Waals surface area contributed by atoms with Gasteiger partial charge >= 0.3 is 5.97 Å². The number of hydrogen-bond acceptors (Lipinski definition) is 3. The van der Waals surface area contributed by atoms with Gasteiger partial charge in [0.15, 0.2) is 6.61 Å². The molecule has 0 amide bonds. The molecular formula is C22H21BrO3. The highest BCUT2D eigenvalue weighted by atomic mass is 79.9. The second-order valence-corrected chi connectivity index (χ2v) is 7.35. The number of hydrogen-bond donors (Lipinski definition) is 0. The fourth-order valence-corrected chi connectivity index (χ4v) is 3.43. The van der Waals surface area contributed by atoms with Crippen molar-refractivity contribution in [1.29, 1.82) is 0 Å². The molecule has 0 saturated heterocycles. The van der Waals surface area contributed by atoms with E-state index in [1.54, 1.807) is 0 Å². The molecule has 3 aromatic carbocycles.